The highest BCUT2D eigenvalue weighted by atomic mass is 79.9. The lowest BCUT2D eigenvalue weighted by Gasteiger charge is -1.78. The van der Waals surface area contributed by atoms with Crippen molar-refractivity contribution >= 4 is 31.7 Å². The number of hydrogen-bond donors (Lipinski definition) is 1. The minimum atomic E-state index is -3.72. The van der Waals surface area contributed by atoms with E-state index < -0.39 is 16.2 Å². The molecule has 1 N–H and O–H groups in total. The van der Waals surface area contributed by atoms with Gasteiger partial charge in [0.15, 0.2) is 0 Å². The average Bonchev–Trinajstić information content (AvgIpc) is 1.35. The summed E-state index contributed by atoms with van der Waals surface area (Å²) in [4.78, 5) is 0. The zero-order chi connectivity index (χ0) is 5.21. The number of rotatable bonds is 1. The summed E-state index contributed by atoms with van der Waals surface area (Å²) in [6.45, 7) is -0.593. The second-order valence-corrected chi connectivity index (χ2v) is 6.58. The summed E-state index contributed by atoms with van der Waals surface area (Å²) in [7, 11) is -3.72. The molecule has 0 spiro atoms. The maximum Gasteiger partial charge on any atom is 0.288 e. The van der Waals surface area contributed by atoms with Crippen molar-refractivity contribution < 1.29 is 13.0 Å². The van der Waals surface area contributed by atoms with Gasteiger partial charge in [0.05, 0.1) is 0 Å². The lowest BCUT2D eigenvalue weighted by molar-refractivity contribution is 0.503. The summed E-state index contributed by atoms with van der Waals surface area (Å²) in [6, 6.07) is 0. The molecule has 0 fully saturated rings. The Bertz CT molecular complexity index is 113. The Labute approximate surface area is 45.1 Å². The van der Waals surface area contributed by atoms with Crippen molar-refractivity contribution in [2.75, 3.05) is 0 Å². The van der Waals surface area contributed by atoms with Crippen LogP contribution in [0.3, 0.4) is 0 Å². The first kappa shape index (κ1) is 6.82. The van der Waals surface area contributed by atoms with Crippen molar-refractivity contribution in [3.63, 3.8) is 0 Å². The fourth-order valence-corrected chi connectivity index (χ4v) is 0. The Morgan fingerprint density at radius 3 is 1.83 bits per heavy atom. The van der Waals surface area contributed by atoms with E-state index in [0.29, 0.717) is 0 Å². The molecule has 0 radical (unpaired) electrons. The van der Waals surface area contributed by atoms with E-state index in [1.807, 2.05) is 0 Å². The zero-order valence-corrected chi connectivity index (χ0v) is 5.95. The van der Waals surface area contributed by atoms with Gasteiger partial charge in [0.2, 0.25) is 0 Å². The fourth-order valence-electron chi connectivity index (χ4n) is 0. The highest BCUT2D eigenvalue weighted by molar-refractivity contribution is 9.44. The lowest BCUT2D eigenvalue weighted by atomic mass is 15.9. The summed E-state index contributed by atoms with van der Waals surface area (Å²) < 4.78 is 26.8. The molecular formula is H2BrO3PS. The first-order valence-corrected chi connectivity index (χ1v) is 6.33. The second-order valence-electron chi connectivity index (χ2n) is 0.552. The van der Waals surface area contributed by atoms with Crippen molar-refractivity contribution in [1.29, 1.82) is 0 Å². The Morgan fingerprint density at radius 1 is 1.67 bits per heavy atom. The molecule has 0 heterocycles. The zero-order valence-electron chi connectivity index (χ0n) is 2.55. The van der Waals surface area contributed by atoms with Crippen LogP contribution in [0.15, 0.2) is 0 Å². The third kappa shape index (κ3) is 4.82. The summed E-state index contributed by atoms with van der Waals surface area (Å²) in [5.41, 5.74) is 0. The predicted octanol–water partition coefficient (Wildman–Crippen LogP) is 0.778. The Balaban J connectivity index is 3.85. The largest absolute Gasteiger partial charge is 0.288 e. The van der Waals surface area contributed by atoms with Crippen LogP contribution >= 0.6 is 22.0 Å². The Morgan fingerprint density at radius 2 is 1.83 bits per heavy atom. The molecule has 0 aliphatic heterocycles. The van der Waals surface area contributed by atoms with Gasteiger partial charge in [-0.1, -0.05) is 0 Å². The van der Waals surface area contributed by atoms with E-state index in [1.54, 1.807) is 0 Å². The molecule has 0 aliphatic rings. The molecule has 1 unspecified atom stereocenters. The van der Waals surface area contributed by atoms with E-state index in [2.05, 4.69) is 15.5 Å². The lowest BCUT2D eigenvalue weighted by Crippen LogP contribution is -1.79. The van der Waals surface area contributed by atoms with E-state index in [9.17, 15) is 8.42 Å². The van der Waals surface area contributed by atoms with Gasteiger partial charge in [-0.15, -0.1) is 0 Å². The third-order valence-electron chi connectivity index (χ3n) is 0.0975. The van der Waals surface area contributed by atoms with Crippen LogP contribution in [0.1, 0.15) is 0 Å². The average molecular weight is 193 g/mol. The minimum Gasteiger partial charge on any atom is -0.282 e. The molecular weight excluding hydrogens is 191 g/mol. The maximum atomic E-state index is 9.52. The first-order chi connectivity index (χ1) is 2.56. The van der Waals surface area contributed by atoms with Crippen molar-refractivity contribution in [2.24, 2.45) is 0 Å². The third-order valence-corrected chi connectivity index (χ3v) is 4.56. The Kier molecular flexibility index (Phi) is 2.51. The van der Waals surface area contributed by atoms with Gasteiger partial charge in [-0.3, -0.25) is 4.55 Å². The van der Waals surface area contributed by atoms with Gasteiger partial charge in [0, 0.05) is 0 Å². The molecule has 3 nitrogen and oxygen atoms in total. The maximum absolute atomic E-state index is 9.52. The van der Waals surface area contributed by atoms with Gasteiger partial charge in [0.25, 0.3) is 9.74 Å². The highest BCUT2D eigenvalue weighted by Gasteiger charge is 1.95. The SMILES string of the molecule is O=S(=O)(O)PBr. The number of halogens is 1. The molecule has 0 rings (SSSR count). The van der Waals surface area contributed by atoms with Crippen molar-refractivity contribution in [3.05, 3.63) is 0 Å². The molecule has 38 valence electrons. The van der Waals surface area contributed by atoms with Crippen LogP contribution in [-0.2, 0) is 9.74 Å². The minimum absolute atomic E-state index is 0.593. The molecule has 0 amide bonds. The van der Waals surface area contributed by atoms with Crippen LogP contribution in [0.25, 0.3) is 0 Å². The van der Waals surface area contributed by atoms with Crippen LogP contribution in [-0.4, -0.2) is 13.0 Å². The molecule has 0 aromatic carbocycles. The van der Waals surface area contributed by atoms with Gasteiger partial charge in [-0.05, 0) is 15.5 Å². The fraction of sp³-hybridized carbons (Fsp3) is 0. The van der Waals surface area contributed by atoms with E-state index in [0.717, 1.165) is 0 Å². The molecule has 0 saturated carbocycles. The van der Waals surface area contributed by atoms with Crippen molar-refractivity contribution in [3.8, 4) is 0 Å². The van der Waals surface area contributed by atoms with Crippen LogP contribution in [0.2, 0.25) is 0 Å². The monoisotopic (exact) mass is 192 g/mol. The standard InChI is InChI=1S/BrH2O3PS/c1-5-6(2,3)4/h5H,(H,2,3,4). The van der Waals surface area contributed by atoms with Crippen molar-refractivity contribution in [2.45, 2.75) is 0 Å². The van der Waals surface area contributed by atoms with Crippen LogP contribution in [0, 0.1) is 0 Å². The van der Waals surface area contributed by atoms with Crippen molar-refractivity contribution in [1.82, 2.24) is 0 Å². The molecule has 1 atom stereocenters. The normalized spacial score (nSPS) is 13.7. The molecule has 0 bridgehead atoms. The molecule has 0 saturated heterocycles. The van der Waals surface area contributed by atoms with E-state index in [-0.39, 0.29) is 0 Å². The Hall–Kier alpha value is 0.820. The summed E-state index contributed by atoms with van der Waals surface area (Å²) in [6.07, 6.45) is 0. The van der Waals surface area contributed by atoms with Gasteiger partial charge in [0.1, 0.15) is 6.48 Å². The molecule has 0 aliphatic carbocycles. The summed E-state index contributed by atoms with van der Waals surface area (Å²) in [5.74, 6) is 0. The van der Waals surface area contributed by atoms with Gasteiger partial charge < -0.3 is 0 Å². The van der Waals surface area contributed by atoms with Gasteiger partial charge >= 0.3 is 0 Å². The van der Waals surface area contributed by atoms with E-state index in [4.69, 9.17) is 4.55 Å². The molecule has 0 aromatic rings. The predicted molar refractivity (Wildman–Crippen MR) is 28.8 cm³/mol. The number of hydrogen-bond acceptors (Lipinski definition) is 2. The van der Waals surface area contributed by atoms with Crippen LogP contribution in [0.5, 0.6) is 0 Å². The quantitative estimate of drug-likeness (QED) is 0.494. The smallest absolute Gasteiger partial charge is 0.282 e. The van der Waals surface area contributed by atoms with Crippen LogP contribution in [0.4, 0.5) is 0 Å². The topological polar surface area (TPSA) is 54.4 Å². The molecule has 0 aromatic heterocycles. The van der Waals surface area contributed by atoms with Gasteiger partial charge in [-0.25, -0.2) is 0 Å². The summed E-state index contributed by atoms with van der Waals surface area (Å²) in [5, 5.41) is 0. The van der Waals surface area contributed by atoms with E-state index in [1.165, 1.54) is 0 Å². The van der Waals surface area contributed by atoms with Crippen LogP contribution < -0.4 is 0 Å². The second kappa shape index (κ2) is 2.21. The molecule has 6 heteroatoms. The summed E-state index contributed by atoms with van der Waals surface area (Å²) >= 11 is 2.56. The first-order valence-electron chi connectivity index (χ1n) is 0.909. The molecule has 6 heavy (non-hydrogen) atoms. The van der Waals surface area contributed by atoms with Gasteiger partial charge in [-0.2, -0.15) is 8.42 Å². The highest BCUT2D eigenvalue weighted by Crippen LogP contribution is 2.25. The van der Waals surface area contributed by atoms with E-state index >= 15 is 0 Å².